The summed E-state index contributed by atoms with van der Waals surface area (Å²) < 4.78 is 0. The number of fused-ring (bicyclic) bond motifs is 5. The van der Waals surface area contributed by atoms with Crippen LogP contribution in [0.1, 0.15) is 78.6 Å². The summed E-state index contributed by atoms with van der Waals surface area (Å²) in [5, 5.41) is 0. The lowest BCUT2D eigenvalue weighted by Crippen LogP contribution is -2.49. The fourth-order valence-electron chi connectivity index (χ4n) is 7.21. The lowest BCUT2D eigenvalue weighted by molar-refractivity contribution is -0.0486. The first kappa shape index (κ1) is 13.4. The molecule has 0 aromatic rings. The predicted octanol–water partition coefficient (Wildman–Crippen LogP) is 5.98. The van der Waals surface area contributed by atoms with Crippen molar-refractivity contribution in [2.75, 3.05) is 0 Å². The molecule has 0 aromatic carbocycles. The topological polar surface area (TPSA) is 0 Å². The molecule has 0 N–H and O–H groups in total. The fourth-order valence-corrected chi connectivity index (χ4v) is 7.21. The molecule has 0 aromatic heterocycles. The van der Waals surface area contributed by atoms with E-state index in [1.807, 2.05) is 5.57 Å². The van der Waals surface area contributed by atoms with Crippen molar-refractivity contribution in [1.29, 1.82) is 0 Å². The summed E-state index contributed by atoms with van der Waals surface area (Å²) in [6, 6.07) is 0. The Labute approximate surface area is 125 Å². The van der Waals surface area contributed by atoms with Crippen molar-refractivity contribution in [3.05, 3.63) is 11.6 Å². The van der Waals surface area contributed by atoms with E-state index in [-0.39, 0.29) is 0 Å². The molecule has 0 heteroatoms. The Morgan fingerprint density at radius 3 is 2.70 bits per heavy atom. The summed E-state index contributed by atoms with van der Waals surface area (Å²) in [6.07, 6.45) is 15.9. The molecule has 0 amide bonds. The minimum Gasteiger partial charge on any atom is -0.0848 e. The van der Waals surface area contributed by atoms with Gasteiger partial charge in [-0.1, -0.05) is 32.4 Å². The highest BCUT2D eigenvalue weighted by Gasteiger charge is 2.57. The van der Waals surface area contributed by atoms with Crippen molar-refractivity contribution < 1.29 is 0 Å². The standard InChI is InChI=1S/C20H32/c1-14-9-12-19(2)13-10-17-16(18(14)19)8-7-15-6-4-5-11-20(15,17)3/h6,14,16-18H,4-5,7-13H2,1-3H3/t14?,16-,17-,18+,19+,20+/m1/s1. The molecule has 0 saturated heterocycles. The van der Waals surface area contributed by atoms with Crippen LogP contribution in [0.25, 0.3) is 0 Å². The van der Waals surface area contributed by atoms with E-state index >= 15 is 0 Å². The van der Waals surface area contributed by atoms with Crippen LogP contribution in [-0.4, -0.2) is 0 Å². The van der Waals surface area contributed by atoms with Gasteiger partial charge >= 0.3 is 0 Å². The van der Waals surface area contributed by atoms with Crippen LogP contribution in [0.4, 0.5) is 0 Å². The highest BCUT2D eigenvalue weighted by atomic mass is 14.6. The van der Waals surface area contributed by atoms with Gasteiger partial charge in [-0.3, -0.25) is 0 Å². The highest BCUT2D eigenvalue weighted by Crippen LogP contribution is 2.66. The number of allylic oxidation sites excluding steroid dienone is 2. The maximum absolute atomic E-state index is 2.64. The molecule has 3 fully saturated rings. The second-order valence-electron chi connectivity index (χ2n) is 9.08. The van der Waals surface area contributed by atoms with Gasteiger partial charge in [0.1, 0.15) is 0 Å². The molecule has 3 saturated carbocycles. The van der Waals surface area contributed by atoms with Crippen LogP contribution in [0, 0.1) is 34.5 Å². The molecule has 4 aliphatic carbocycles. The molecular formula is C20H32. The average molecular weight is 272 g/mol. The average Bonchev–Trinajstić information content (AvgIpc) is 2.74. The minimum atomic E-state index is 0.588. The molecule has 112 valence electrons. The van der Waals surface area contributed by atoms with Crippen molar-refractivity contribution in [2.24, 2.45) is 34.5 Å². The number of rotatable bonds is 0. The Hall–Kier alpha value is -0.260. The van der Waals surface area contributed by atoms with Crippen LogP contribution in [0.5, 0.6) is 0 Å². The largest absolute Gasteiger partial charge is 0.0848 e. The predicted molar refractivity (Wildman–Crippen MR) is 85.5 cm³/mol. The second-order valence-corrected chi connectivity index (χ2v) is 9.08. The first-order valence-corrected chi connectivity index (χ1v) is 9.24. The Bertz CT molecular complexity index is 433. The SMILES string of the molecule is CC1CC[C@@]2(C)CC[C@@H]3[C@@H](CCC4=CCCC[C@@]43C)[C@H]12. The van der Waals surface area contributed by atoms with Crippen LogP contribution in [0.2, 0.25) is 0 Å². The zero-order chi connectivity index (χ0) is 14.0. The van der Waals surface area contributed by atoms with Crippen LogP contribution < -0.4 is 0 Å². The summed E-state index contributed by atoms with van der Waals surface area (Å²) in [5.74, 6) is 4.10. The van der Waals surface area contributed by atoms with E-state index in [1.165, 1.54) is 57.8 Å². The monoisotopic (exact) mass is 272 g/mol. The lowest BCUT2D eigenvalue weighted by Gasteiger charge is -2.58. The Kier molecular flexibility index (Phi) is 2.93. The van der Waals surface area contributed by atoms with E-state index < -0.39 is 0 Å². The maximum atomic E-state index is 2.64. The molecule has 4 aliphatic rings. The van der Waals surface area contributed by atoms with Crippen LogP contribution in [0.15, 0.2) is 11.6 Å². The van der Waals surface area contributed by atoms with E-state index in [0.29, 0.717) is 10.8 Å². The summed E-state index contributed by atoms with van der Waals surface area (Å²) >= 11 is 0. The molecule has 0 spiro atoms. The fraction of sp³-hybridized carbons (Fsp3) is 0.900. The van der Waals surface area contributed by atoms with Gasteiger partial charge in [0.15, 0.2) is 0 Å². The van der Waals surface area contributed by atoms with E-state index in [4.69, 9.17) is 0 Å². The zero-order valence-electron chi connectivity index (χ0n) is 13.8. The first-order valence-electron chi connectivity index (χ1n) is 9.24. The molecule has 0 radical (unpaired) electrons. The minimum absolute atomic E-state index is 0.588. The third-order valence-electron chi connectivity index (χ3n) is 8.18. The van der Waals surface area contributed by atoms with Crippen LogP contribution in [0.3, 0.4) is 0 Å². The van der Waals surface area contributed by atoms with Crippen molar-refractivity contribution in [3.8, 4) is 0 Å². The molecule has 20 heavy (non-hydrogen) atoms. The van der Waals surface area contributed by atoms with Crippen molar-refractivity contribution >= 4 is 0 Å². The summed E-state index contributed by atoms with van der Waals surface area (Å²) in [7, 11) is 0. The molecular weight excluding hydrogens is 240 g/mol. The zero-order valence-corrected chi connectivity index (χ0v) is 13.8. The molecule has 0 aliphatic heterocycles. The van der Waals surface area contributed by atoms with Crippen molar-refractivity contribution in [1.82, 2.24) is 0 Å². The quantitative estimate of drug-likeness (QED) is 0.476. The molecule has 0 nitrogen and oxygen atoms in total. The summed E-state index contributed by atoms with van der Waals surface area (Å²) in [6.45, 7) is 7.83. The second kappa shape index (κ2) is 4.37. The summed E-state index contributed by atoms with van der Waals surface area (Å²) in [5.41, 5.74) is 3.15. The molecule has 6 atom stereocenters. The van der Waals surface area contributed by atoms with Gasteiger partial charge in [-0.15, -0.1) is 0 Å². The van der Waals surface area contributed by atoms with Crippen molar-refractivity contribution in [2.45, 2.75) is 78.6 Å². The lowest BCUT2D eigenvalue weighted by atomic mass is 9.47. The smallest absolute Gasteiger partial charge is 0.00853 e. The molecule has 0 bridgehead atoms. The normalized spacial score (nSPS) is 54.6. The van der Waals surface area contributed by atoms with Gasteiger partial charge < -0.3 is 0 Å². The van der Waals surface area contributed by atoms with Crippen LogP contribution in [-0.2, 0) is 0 Å². The van der Waals surface area contributed by atoms with E-state index in [9.17, 15) is 0 Å². The van der Waals surface area contributed by atoms with E-state index in [1.54, 1.807) is 0 Å². The Balaban J connectivity index is 1.70. The third kappa shape index (κ3) is 1.66. The van der Waals surface area contributed by atoms with Crippen LogP contribution >= 0.6 is 0 Å². The molecule has 1 unspecified atom stereocenters. The molecule has 0 heterocycles. The molecule has 4 rings (SSSR count). The van der Waals surface area contributed by atoms with Gasteiger partial charge in [-0.25, -0.2) is 0 Å². The van der Waals surface area contributed by atoms with Gasteiger partial charge in [-0.2, -0.15) is 0 Å². The van der Waals surface area contributed by atoms with E-state index in [0.717, 1.165) is 23.7 Å². The van der Waals surface area contributed by atoms with Gasteiger partial charge in [0.2, 0.25) is 0 Å². The van der Waals surface area contributed by atoms with Gasteiger partial charge in [0, 0.05) is 0 Å². The third-order valence-corrected chi connectivity index (χ3v) is 8.18. The Morgan fingerprint density at radius 2 is 1.85 bits per heavy atom. The van der Waals surface area contributed by atoms with Crippen molar-refractivity contribution in [3.63, 3.8) is 0 Å². The summed E-state index contributed by atoms with van der Waals surface area (Å²) in [4.78, 5) is 0. The van der Waals surface area contributed by atoms with E-state index in [2.05, 4.69) is 26.8 Å². The van der Waals surface area contributed by atoms with Gasteiger partial charge in [-0.05, 0) is 92.3 Å². The maximum Gasteiger partial charge on any atom is -0.00853 e. The Morgan fingerprint density at radius 1 is 1.05 bits per heavy atom. The van der Waals surface area contributed by atoms with Gasteiger partial charge in [0.05, 0.1) is 0 Å². The number of hydrogen-bond acceptors (Lipinski definition) is 0. The first-order chi connectivity index (χ1) is 9.55. The number of hydrogen-bond donors (Lipinski definition) is 0. The highest BCUT2D eigenvalue weighted by molar-refractivity contribution is 5.23. The van der Waals surface area contributed by atoms with Gasteiger partial charge in [0.25, 0.3) is 0 Å².